The van der Waals surface area contributed by atoms with Gasteiger partial charge in [0.25, 0.3) is 0 Å². The molecule has 1 aliphatic carbocycles. The third kappa shape index (κ3) is 4.68. The number of carbonyl (C=O) groups excluding carboxylic acids is 2. The molecule has 0 aromatic heterocycles. The van der Waals surface area contributed by atoms with E-state index in [-0.39, 0.29) is 36.4 Å². The molecule has 29 heavy (non-hydrogen) atoms. The maximum absolute atomic E-state index is 12.8. The fourth-order valence-electron chi connectivity index (χ4n) is 4.01. The Labute approximate surface area is 178 Å². The summed E-state index contributed by atoms with van der Waals surface area (Å²) in [6.45, 7) is 7.85. The molecule has 0 bridgehead atoms. The summed E-state index contributed by atoms with van der Waals surface area (Å²) in [5, 5.41) is 2.99. The van der Waals surface area contributed by atoms with Crippen molar-refractivity contribution in [1.82, 2.24) is 10.2 Å². The van der Waals surface area contributed by atoms with Crippen molar-refractivity contribution in [2.45, 2.75) is 51.3 Å². The Balaban J connectivity index is 0.00000300. The Bertz CT molecular complexity index is 715. The first kappa shape index (κ1) is 23.4. The van der Waals surface area contributed by atoms with Crippen molar-refractivity contribution >= 4 is 24.2 Å². The number of hydrogen-bond donors (Lipinski definition) is 2. The number of amides is 2. The molecule has 1 aromatic carbocycles. The van der Waals surface area contributed by atoms with Gasteiger partial charge in [-0.05, 0) is 19.1 Å². The van der Waals surface area contributed by atoms with Crippen molar-refractivity contribution in [3.63, 3.8) is 0 Å². The summed E-state index contributed by atoms with van der Waals surface area (Å²) in [6, 6.07) is 9.27. The molecule has 3 atom stereocenters. The number of likely N-dealkylation sites (tertiary alicyclic amines) is 1. The predicted octanol–water partition coefficient (Wildman–Crippen LogP) is 1.74. The summed E-state index contributed by atoms with van der Waals surface area (Å²) in [6.07, 6.45) is 0.766. The van der Waals surface area contributed by atoms with Crippen molar-refractivity contribution in [3.05, 3.63) is 30.3 Å². The molecular formula is C21H32ClN3O4. The monoisotopic (exact) mass is 425 g/mol. The molecule has 3 rings (SSSR count). The van der Waals surface area contributed by atoms with Crippen molar-refractivity contribution in [2.75, 3.05) is 26.3 Å². The minimum atomic E-state index is -0.972. The lowest BCUT2D eigenvalue weighted by atomic mass is 9.54. The maximum Gasteiger partial charge on any atom is 0.241 e. The van der Waals surface area contributed by atoms with E-state index in [0.29, 0.717) is 39.1 Å². The summed E-state index contributed by atoms with van der Waals surface area (Å²) < 4.78 is 11.3. The van der Waals surface area contributed by atoms with Gasteiger partial charge in [-0.3, -0.25) is 9.59 Å². The Morgan fingerprint density at radius 3 is 2.62 bits per heavy atom. The fourth-order valence-corrected chi connectivity index (χ4v) is 4.01. The van der Waals surface area contributed by atoms with Crippen LogP contribution in [0, 0.1) is 5.41 Å². The molecule has 1 saturated carbocycles. The second-order valence-electron chi connectivity index (χ2n) is 8.22. The third-order valence-corrected chi connectivity index (χ3v) is 6.16. The van der Waals surface area contributed by atoms with Crippen LogP contribution in [0.3, 0.4) is 0 Å². The second-order valence-corrected chi connectivity index (χ2v) is 8.22. The molecule has 2 fully saturated rings. The summed E-state index contributed by atoms with van der Waals surface area (Å²) >= 11 is 0. The Kier molecular flexibility index (Phi) is 7.54. The number of benzene rings is 1. The van der Waals surface area contributed by atoms with Gasteiger partial charge in [-0.15, -0.1) is 12.4 Å². The number of ether oxygens (including phenoxy) is 2. The molecule has 1 heterocycles. The summed E-state index contributed by atoms with van der Waals surface area (Å²) in [7, 11) is 0. The van der Waals surface area contributed by atoms with Gasteiger partial charge in [0.2, 0.25) is 11.8 Å². The number of carbonyl (C=O) groups is 2. The van der Waals surface area contributed by atoms with Crippen LogP contribution < -0.4 is 15.8 Å². The van der Waals surface area contributed by atoms with E-state index < -0.39 is 11.0 Å². The molecule has 1 aliphatic heterocycles. The van der Waals surface area contributed by atoms with Gasteiger partial charge in [-0.2, -0.15) is 0 Å². The number of halogens is 1. The van der Waals surface area contributed by atoms with Gasteiger partial charge >= 0.3 is 0 Å². The molecule has 0 spiro atoms. The molecule has 7 nitrogen and oxygen atoms in total. The third-order valence-electron chi connectivity index (χ3n) is 6.16. The smallest absolute Gasteiger partial charge is 0.241 e. The van der Waals surface area contributed by atoms with Crippen LogP contribution in [0.25, 0.3) is 0 Å². The predicted molar refractivity (Wildman–Crippen MR) is 113 cm³/mol. The van der Waals surface area contributed by atoms with Gasteiger partial charge in [-0.1, -0.05) is 32.0 Å². The average Bonchev–Trinajstić information content (AvgIpc) is 3.01. The van der Waals surface area contributed by atoms with Crippen LogP contribution in [0.5, 0.6) is 5.75 Å². The first-order valence-corrected chi connectivity index (χ1v) is 9.95. The number of para-hydroxylation sites is 1. The lowest BCUT2D eigenvalue weighted by Gasteiger charge is -2.57. The minimum absolute atomic E-state index is 0. The van der Waals surface area contributed by atoms with Crippen LogP contribution in [0.2, 0.25) is 0 Å². The second kappa shape index (κ2) is 9.32. The quantitative estimate of drug-likeness (QED) is 0.661. The number of rotatable bonds is 8. The highest BCUT2D eigenvalue weighted by atomic mass is 35.5. The molecule has 8 heteroatoms. The zero-order valence-corrected chi connectivity index (χ0v) is 18.2. The Morgan fingerprint density at radius 2 is 2.00 bits per heavy atom. The van der Waals surface area contributed by atoms with Crippen LogP contribution in [-0.4, -0.2) is 60.7 Å². The van der Waals surface area contributed by atoms with E-state index in [0.717, 1.165) is 5.75 Å². The number of hydrogen-bond acceptors (Lipinski definition) is 5. The lowest BCUT2D eigenvalue weighted by Crippen LogP contribution is -2.76. The van der Waals surface area contributed by atoms with Gasteiger partial charge in [0.05, 0.1) is 18.7 Å². The van der Waals surface area contributed by atoms with Gasteiger partial charge in [0, 0.05) is 31.4 Å². The van der Waals surface area contributed by atoms with Crippen LogP contribution in [0.4, 0.5) is 0 Å². The fraction of sp³-hybridized carbons (Fsp3) is 0.619. The van der Waals surface area contributed by atoms with Crippen LogP contribution >= 0.6 is 12.4 Å². The molecule has 1 saturated heterocycles. The minimum Gasteiger partial charge on any atom is -0.492 e. The van der Waals surface area contributed by atoms with E-state index in [4.69, 9.17) is 15.2 Å². The summed E-state index contributed by atoms with van der Waals surface area (Å²) in [5.41, 5.74) is 5.01. The average molecular weight is 426 g/mol. The zero-order valence-electron chi connectivity index (χ0n) is 17.3. The Hall–Kier alpha value is -1.83. The van der Waals surface area contributed by atoms with Crippen LogP contribution in [-0.2, 0) is 14.3 Å². The first-order valence-electron chi connectivity index (χ1n) is 9.95. The van der Waals surface area contributed by atoms with Gasteiger partial charge < -0.3 is 25.4 Å². The Morgan fingerprint density at radius 1 is 1.31 bits per heavy atom. The van der Waals surface area contributed by atoms with E-state index in [2.05, 4.69) is 5.32 Å². The van der Waals surface area contributed by atoms with Crippen LogP contribution in [0.15, 0.2) is 30.3 Å². The molecule has 3 N–H and O–H groups in total. The SMILES string of the molecule is CCOC1CC(N)(C(=O)NC2CC(=O)N(CCOc3ccccc3)C2)C1(C)C.Cl. The highest BCUT2D eigenvalue weighted by Crippen LogP contribution is 2.49. The molecule has 0 radical (unpaired) electrons. The first-order chi connectivity index (χ1) is 13.3. The topological polar surface area (TPSA) is 93.9 Å². The largest absolute Gasteiger partial charge is 0.492 e. The van der Waals surface area contributed by atoms with Crippen molar-refractivity contribution in [1.29, 1.82) is 0 Å². The standard InChI is InChI=1S/C21H31N3O4.ClH/c1-4-27-17-13-21(22,20(17,2)3)19(26)23-15-12-18(25)24(14-15)10-11-28-16-8-6-5-7-9-16;/h5-9,15,17H,4,10-14,22H2,1-3H3,(H,23,26);1H. The highest BCUT2D eigenvalue weighted by Gasteiger charge is 2.63. The van der Waals surface area contributed by atoms with Crippen LogP contribution in [0.1, 0.15) is 33.6 Å². The van der Waals surface area contributed by atoms with E-state index >= 15 is 0 Å². The normalized spacial score (nSPS) is 27.7. The van der Waals surface area contributed by atoms with E-state index in [9.17, 15) is 9.59 Å². The lowest BCUT2D eigenvalue weighted by molar-refractivity contribution is -0.171. The molecule has 2 amide bonds. The molecular weight excluding hydrogens is 394 g/mol. The number of nitrogens with zero attached hydrogens (tertiary/aromatic N) is 1. The van der Waals surface area contributed by atoms with Crippen molar-refractivity contribution in [3.8, 4) is 5.75 Å². The van der Waals surface area contributed by atoms with E-state index in [1.54, 1.807) is 4.90 Å². The maximum atomic E-state index is 12.8. The molecule has 162 valence electrons. The van der Waals surface area contributed by atoms with E-state index in [1.165, 1.54) is 0 Å². The number of nitrogens with two attached hydrogens (primary N) is 1. The molecule has 3 unspecified atom stereocenters. The number of nitrogens with one attached hydrogen (secondary N) is 1. The highest BCUT2D eigenvalue weighted by molar-refractivity contribution is 5.90. The summed E-state index contributed by atoms with van der Waals surface area (Å²) in [5.74, 6) is 0.599. The van der Waals surface area contributed by atoms with Gasteiger partial charge in [0.1, 0.15) is 17.9 Å². The molecule has 2 aliphatic rings. The zero-order chi connectivity index (χ0) is 20.4. The molecule has 1 aromatic rings. The summed E-state index contributed by atoms with van der Waals surface area (Å²) in [4.78, 5) is 26.8. The van der Waals surface area contributed by atoms with Gasteiger partial charge in [0.15, 0.2) is 0 Å². The van der Waals surface area contributed by atoms with E-state index in [1.807, 2.05) is 51.1 Å². The van der Waals surface area contributed by atoms with Crippen molar-refractivity contribution in [2.24, 2.45) is 11.1 Å². The van der Waals surface area contributed by atoms with Crippen molar-refractivity contribution < 1.29 is 19.1 Å². The van der Waals surface area contributed by atoms with Gasteiger partial charge in [-0.25, -0.2) is 0 Å².